The van der Waals surface area contributed by atoms with Gasteiger partial charge in [-0.2, -0.15) is 0 Å². The fourth-order valence-electron chi connectivity index (χ4n) is 5.07. The van der Waals surface area contributed by atoms with Crippen LogP contribution in [0.3, 0.4) is 0 Å². The molecule has 42 heavy (non-hydrogen) atoms. The van der Waals surface area contributed by atoms with Crippen LogP contribution in [0.4, 0.5) is 0 Å². The molecule has 0 bridgehead atoms. The maximum Gasteiger partial charge on any atom is 0.303 e. The van der Waals surface area contributed by atoms with E-state index in [0.717, 1.165) is 25.7 Å². The first-order valence-corrected chi connectivity index (χ1v) is 21.8. The number of aryl methyl sites for hydroxylation is 1. The lowest BCUT2D eigenvalue weighted by atomic mass is 9.89. The molecule has 1 aromatic carbocycles. The maximum atomic E-state index is 11.4. The average molecular weight is 617 g/mol. The largest absolute Gasteiger partial charge is 0.481 e. The molecular weight excluding hydrogens is 557 g/mol. The third kappa shape index (κ3) is 11.2. The quantitative estimate of drug-likeness (QED) is 0.117. The third-order valence-electron chi connectivity index (χ3n) is 9.84. The van der Waals surface area contributed by atoms with Crippen molar-refractivity contribution in [2.45, 2.75) is 141 Å². The number of carboxylic acid groups (broad SMARTS) is 1. The van der Waals surface area contributed by atoms with E-state index in [1.807, 2.05) is 0 Å². The zero-order chi connectivity index (χ0) is 31.8. The number of allylic oxidation sites excluding steroid dienone is 2. The van der Waals surface area contributed by atoms with Gasteiger partial charge in [0.15, 0.2) is 16.6 Å². The van der Waals surface area contributed by atoms with Gasteiger partial charge in [-0.05, 0) is 86.3 Å². The van der Waals surface area contributed by atoms with Gasteiger partial charge in [-0.3, -0.25) is 4.79 Å². The highest BCUT2D eigenvalue weighted by atomic mass is 28.4. The Morgan fingerprint density at radius 2 is 1.62 bits per heavy atom. The summed E-state index contributed by atoms with van der Waals surface area (Å²) >= 11 is 0. The highest BCUT2D eigenvalue weighted by Gasteiger charge is 2.47. The van der Waals surface area contributed by atoms with Crippen molar-refractivity contribution in [1.82, 2.24) is 0 Å². The Kier molecular flexibility index (Phi) is 13.5. The van der Waals surface area contributed by atoms with E-state index in [1.165, 1.54) is 5.56 Å². The van der Waals surface area contributed by atoms with E-state index in [4.69, 9.17) is 14.0 Å². The van der Waals surface area contributed by atoms with Crippen molar-refractivity contribution >= 4 is 22.6 Å². The number of rotatable bonds is 15. The smallest absolute Gasteiger partial charge is 0.303 e. The Labute approximate surface area is 259 Å². The predicted octanol–water partition coefficient (Wildman–Crippen LogP) is 9.15. The van der Waals surface area contributed by atoms with E-state index in [0.29, 0.717) is 12.8 Å². The third-order valence-corrected chi connectivity index (χ3v) is 18.8. The van der Waals surface area contributed by atoms with Crippen LogP contribution < -0.4 is 0 Å². The molecule has 0 unspecified atom stereocenters. The van der Waals surface area contributed by atoms with Gasteiger partial charge in [-0.25, -0.2) is 0 Å². The van der Waals surface area contributed by atoms with Crippen LogP contribution in [0.2, 0.25) is 36.3 Å². The molecule has 5 nitrogen and oxygen atoms in total. The summed E-state index contributed by atoms with van der Waals surface area (Å²) in [5.41, 5.74) is 1.31. The molecule has 1 aliphatic rings. The van der Waals surface area contributed by atoms with Crippen LogP contribution in [0.25, 0.3) is 0 Å². The fourth-order valence-corrected chi connectivity index (χ4v) is 7.76. The molecule has 0 aliphatic heterocycles. The van der Waals surface area contributed by atoms with Gasteiger partial charge in [0.05, 0.1) is 18.3 Å². The molecule has 0 aromatic heterocycles. The molecule has 1 aromatic rings. The zero-order valence-electron chi connectivity index (χ0n) is 28.2. The van der Waals surface area contributed by atoms with Gasteiger partial charge >= 0.3 is 5.97 Å². The van der Waals surface area contributed by atoms with Crippen LogP contribution in [-0.2, 0) is 20.1 Å². The lowest BCUT2D eigenvalue weighted by molar-refractivity contribution is -0.137. The van der Waals surface area contributed by atoms with Crippen molar-refractivity contribution < 1.29 is 23.9 Å². The number of benzene rings is 1. The molecule has 0 saturated heterocycles. The molecule has 2 rings (SSSR count). The first-order chi connectivity index (χ1) is 19.3. The van der Waals surface area contributed by atoms with Crippen LogP contribution in [0.15, 0.2) is 54.6 Å². The fraction of sp³-hybridized carbons (Fsp3) is 0.686. The van der Waals surface area contributed by atoms with Crippen LogP contribution in [0.5, 0.6) is 0 Å². The minimum absolute atomic E-state index is 0.0108. The van der Waals surface area contributed by atoms with Gasteiger partial charge < -0.3 is 19.1 Å². The van der Waals surface area contributed by atoms with Gasteiger partial charge in [0, 0.05) is 12.3 Å². The number of carboxylic acids is 1. The minimum atomic E-state index is -2.04. The molecule has 7 heteroatoms. The standard InChI is InChI=1S/C35H60O5Si2/c1-34(2,3)41(7,8)39-28(23-22-27-18-14-13-15-19-27)24-25-29-30(20-16-11-12-17-21-33(37)38)32(26-31(29)36)40-42(9,10)35(4,5)6/h11,13-16,18-19,24-25,28-32,36H,12,17,20-23,26H2,1-10H3,(H,37,38)/b16-11-,25-24+/t28-,29+,30+,31+,32-/m0/s1. The summed E-state index contributed by atoms with van der Waals surface area (Å²) in [6.45, 7) is 22.8. The first kappa shape index (κ1) is 36.7. The van der Waals surface area contributed by atoms with Gasteiger partial charge in [-0.1, -0.05) is 96.2 Å². The second kappa shape index (κ2) is 15.5. The molecule has 1 aliphatic carbocycles. The SMILES string of the molecule is CC(C)(C)[Si](C)(C)O[C@H](/C=C/[C@@H]1[C@@H](C/C=C\CCCC(=O)O)[C@@H](O[Si](C)(C)C(C)(C)C)C[C@H]1O)CCc1ccccc1. The van der Waals surface area contributed by atoms with Crippen molar-refractivity contribution in [3.8, 4) is 0 Å². The van der Waals surface area contributed by atoms with Crippen molar-refractivity contribution in [1.29, 1.82) is 0 Å². The number of aliphatic hydroxyl groups excluding tert-OH is 1. The molecule has 1 saturated carbocycles. The van der Waals surface area contributed by atoms with Gasteiger partial charge in [0.1, 0.15) is 0 Å². The maximum absolute atomic E-state index is 11.4. The van der Waals surface area contributed by atoms with Gasteiger partial charge in [-0.15, -0.1) is 0 Å². The van der Waals surface area contributed by atoms with E-state index in [9.17, 15) is 9.90 Å². The van der Waals surface area contributed by atoms with E-state index in [-0.39, 0.29) is 40.5 Å². The van der Waals surface area contributed by atoms with Crippen molar-refractivity contribution in [2.24, 2.45) is 11.8 Å². The molecule has 0 heterocycles. The second-order valence-corrected chi connectivity index (χ2v) is 24.8. The molecule has 238 valence electrons. The topological polar surface area (TPSA) is 76.0 Å². The van der Waals surface area contributed by atoms with Crippen LogP contribution in [-0.4, -0.2) is 51.1 Å². The molecule has 0 radical (unpaired) electrons. The second-order valence-electron chi connectivity index (χ2n) is 15.3. The number of hydrogen-bond donors (Lipinski definition) is 2. The summed E-state index contributed by atoms with van der Waals surface area (Å²) in [5, 5.41) is 20.5. The van der Waals surface area contributed by atoms with E-state index >= 15 is 0 Å². The number of unbranched alkanes of at least 4 members (excludes halogenated alkanes) is 1. The highest BCUT2D eigenvalue weighted by Crippen LogP contribution is 2.44. The van der Waals surface area contributed by atoms with E-state index in [2.05, 4.69) is 122 Å². The lowest BCUT2D eigenvalue weighted by Crippen LogP contribution is -2.45. The monoisotopic (exact) mass is 616 g/mol. The summed E-state index contributed by atoms with van der Waals surface area (Å²) in [4.78, 5) is 10.9. The Bertz CT molecular complexity index is 1020. The summed E-state index contributed by atoms with van der Waals surface area (Å²) < 4.78 is 13.9. The van der Waals surface area contributed by atoms with Crippen molar-refractivity contribution in [3.05, 3.63) is 60.2 Å². The lowest BCUT2D eigenvalue weighted by Gasteiger charge is -2.40. The number of carbonyl (C=O) groups is 1. The normalized spacial score (nSPS) is 23.2. The zero-order valence-corrected chi connectivity index (χ0v) is 30.2. The van der Waals surface area contributed by atoms with Gasteiger partial charge in [0.2, 0.25) is 0 Å². The van der Waals surface area contributed by atoms with E-state index in [1.54, 1.807) is 0 Å². The van der Waals surface area contributed by atoms with Crippen LogP contribution in [0.1, 0.15) is 85.6 Å². The molecular formula is C35H60O5Si2. The number of aliphatic carboxylic acids is 1. The number of hydrogen-bond acceptors (Lipinski definition) is 4. The Morgan fingerprint density at radius 3 is 2.19 bits per heavy atom. The number of aliphatic hydroxyl groups is 1. The summed E-state index contributed by atoms with van der Waals surface area (Å²) in [6.07, 6.45) is 13.1. The van der Waals surface area contributed by atoms with E-state index < -0.39 is 28.7 Å². The minimum Gasteiger partial charge on any atom is -0.481 e. The van der Waals surface area contributed by atoms with Crippen molar-refractivity contribution in [2.75, 3.05) is 0 Å². The molecule has 0 amide bonds. The van der Waals surface area contributed by atoms with Gasteiger partial charge in [0.25, 0.3) is 0 Å². The molecule has 2 N–H and O–H groups in total. The molecule has 1 fully saturated rings. The Balaban J connectivity index is 2.31. The summed E-state index contributed by atoms with van der Waals surface area (Å²) in [5.74, 6) is -0.619. The van der Waals surface area contributed by atoms with Crippen LogP contribution >= 0.6 is 0 Å². The summed E-state index contributed by atoms with van der Waals surface area (Å²) in [7, 11) is -4.05. The van der Waals surface area contributed by atoms with Crippen LogP contribution in [0, 0.1) is 11.8 Å². The predicted molar refractivity (Wildman–Crippen MR) is 181 cm³/mol. The Hall–Kier alpha value is -1.52. The summed E-state index contributed by atoms with van der Waals surface area (Å²) in [6, 6.07) is 10.6. The first-order valence-electron chi connectivity index (χ1n) is 16.0. The average Bonchev–Trinajstić information content (AvgIpc) is 3.14. The Morgan fingerprint density at radius 1 is 1.00 bits per heavy atom. The van der Waals surface area contributed by atoms with Crippen molar-refractivity contribution in [3.63, 3.8) is 0 Å². The molecule has 5 atom stereocenters. The highest BCUT2D eigenvalue weighted by molar-refractivity contribution is 6.74. The molecule has 0 spiro atoms.